The van der Waals surface area contributed by atoms with Gasteiger partial charge >= 0.3 is 12.2 Å². The number of rotatable bonds is 5. The molecule has 0 aliphatic rings. The summed E-state index contributed by atoms with van der Waals surface area (Å²) in [5.41, 5.74) is 0.572. The number of amides is 2. The minimum absolute atomic E-state index is 0.0563. The molecule has 0 atom stereocenters. The fraction of sp³-hybridized carbons (Fsp3) is 0.0385. The van der Waals surface area contributed by atoms with Crippen molar-refractivity contribution >= 4 is 18.0 Å². The molecule has 34 heavy (non-hydrogen) atoms. The minimum Gasteiger partial charge on any atom is -0.481 e. The molecular weight excluding hydrogens is 439 g/mol. The van der Waals surface area contributed by atoms with E-state index in [9.17, 15) is 14.0 Å². The predicted molar refractivity (Wildman–Crippen MR) is 124 cm³/mol. The summed E-state index contributed by atoms with van der Waals surface area (Å²) in [4.78, 5) is 31.0. The lowest BCUT2D eigenvalue weighted by molar-refractivity contribution is 0.190. The number of ether oxygens (including phenoxy) is 3. The molecule has 0 saturated carbocycles. The van der Waals surface area contributed by atoms with E-state index >= 15 is 0 Å². The molecule has 1 aromatic heterocycles. The lowest BCUT2D eigenvalue weighted by Crippen LogP contribution is -2.41. The minimum atomic E-state index is -1.06. The third-order valence-corrected chi connectivity index (χ3v) is 4.67. The average Bonchev–Trinajstić information content (AvgIpc) is 2.85. The van der Waals surface area contributed by atoms with E-state index in [2.05, 4.69) is 4.98 Å². The van der Waals surface area contributed by atoms with Gasteiger partial charge in [0.05, 0.1) is 7.11 Å². The summed E-state index contributed by atoms with van der Waals surface area (Å²) >= 11 is 0. The van der Waals surface area contributed by atoms with Gasteiger partial charge in [0.15, 0.2) is 5.82 Å². The maximum atomic E-state index is 14.5. The number of aromatic nitrogens is 1. The fourth-order valence-electron chi connectivity index (χ4n) is 3.09. The quantitative estimate of drug-likeness (QED) is 0.360. The van der Waals surface area contributed by atoms with Crippen LogP contribution < -0.4 is 19.1 Å². The van der Waals surface area contributed by atoms with E-state index in [4.69, 9.17) is 14.2 Å². The van der Waals surface area contributed by atoms with Crippen molar-refractivity contribution in [2.45, 2.75) is 0 Å². The first-order valence-electron chi connectivity index (χ1n) is 10.2. The first kappa shape index (κ1) is 22.5. The highest BCUT2D eigenvalue weighted by Crippen LogP contribution is 2.30. The molecule has 2 amide bonds. The second-order valence-electron chi connectivity index (χ2n) is 6.93. The molecule has 8 heteroatoms. The molecule has 0 fully saturated rings. The number of carbonyl (C=O) groups excluding carboxylic acids is 2. The molecule has 0 spiro atoms. The van der Waals surface area contributed by atoms with Crippen molar-refractivity contribution in [3.8, 4) is 28.5 Å². The summed E-state index contributed by atoms with van der Waals surface area (Å²) < 4.78 is 30.4. The third kappa shape index (κ3) is 5.18. The zero-order valence-electron chi connectivity index (χ0n) is 18.1. The number of hydrogen-bond donors (Lipinski definition) is 0. The molecule has 0 unspecified atom stereocenters. The topological polar surface area (TPSA) is 78.0 Å². The lowest BCUT2D eigenvalue weighted by Gasteiger charge is -2.20. The molecule has 4 rings (SSSR count). The Morgan fingerprint density at radius 2 is 1.29 bits per heavy atom. The zero-order valence-corrected chi connectivity index (χ0v) is 18.1. The highest BCUT2D eigenvalue weighted by atomic mass is 19.1. The second kappa shape index (κ2) is 10.3. The van der Waals surface area contributed by atoms with Crippen LogP contribution in [0.25, 0.3) is 11.1 Å². The van der Waals surface area contributed by atoms with Gasteiger partial charge in [-0.15, -0.1) is 0 Å². The van der Waals surface area contributed by atoms with Gasteiger partial charge in [0.25, 0.3) is 0 Å². The maximum Gasteiger partial charge on any atom is 0.430 e. The standard InChI is InChI=1S/C26H19FN2O5/c1-32-24-17-18(21-14-8-9-15-22(21)27)16-23(28-24)29(25(30)33-19-10-4-2-5-11-19)26(31)34-20-12-6-3-7-13-20/h2-17H,1H3. The molecule has 4 aromatic rings. The van der Waals surface area contributed by atoms with Crippen LogP contribution in [0.3, 0.4) is 0 Å². The Balaban J connectivity index is 1.77. The van der Waals surface area contributed by atoms with Gasteiger partial charge in [0, 0.05) is 11.6 Å². The molecule has 0 saturated heterocycles. The van der Waals surface area contributed by atoms with Crippen LogP contribution in [0.5, 0.6) is 17.4 Å². The number of methoxy groups -OCH3 is 1. The number of halogens is 1. The highest BCUT2D eigenvalue weighted by molar-refractivity contribution is 6.10. The van der Waals surface area contributed by atoms with E-state index in [1.807, 2.05) is 0 Å². The molecule has 7 nitrogen and oxygen atoms in total. The number of benzene rings is 3. The van der Waals surface area contributed by atoms with Crippen LogP contribution in [0.15, 0.2) is 97.1 Å². The van der Waals surface area contributed by atoms with Crippen LogP contribution in [0, 0.1) is 5.82 Å². The number of pyridine rings is 1. The SMILES string of the molecule is COc1cc(-c2ccccc2F)cc(N(C(=O)Oc2ccccc2)C(=O)Oc2ccccc2)n1. The molecule has 170 valence electrons. The Bertz CT molecular complexity index is 1250. The maximum absolute atomic E-state index is 14.5. The van der Waals surface area contributed by atoms with Gasteiger partial charge in [-0.25, -0.2) is 14.0 Å². The van der Waals surface area contributed by atoms with Crippen LogP contribution in [0.1, 0.15) is 0 Å². The van der Waals surface area contributed by atoms with Crippen molar-refractivity contribution in [1.29, 1.82) is 0 Å². The average molecular weight is 458 g/mol. The van der Waals surface area contributed by atoms with Crippen molar-refractivity contribution in [3.63, 3.8) is 0 Å². The largest absolute Gasteiger partial charge is 0.481 e. The van der Waals surface area contributed by atoms with Crippen molar-refractivity contribution in [1.82, 2.24) is 4.98 Å². The predicted octanol–water partition coefficient (Wildman–Crippen LogP) is 6.10. The number of anilines is 1. The second-order valence-corrected chi connectivity index (χ2v) is 6.93. The van der Waals surface area contributed by atoms with Crippen LogP contribution in [-0.4, -0.2) is 24.3 Å². The molecule has 1 heterocycles. The lowest BCUT2D eigenvalue weighted by atomic mass is 10.1. The summed E-state index contributed by atoms with van der Waals surface area (Å²) in [5.74, 6) is -0.184. The van der Waals surface area contributed by atoms with Crippen LogP contribution in [0.2, 0.25) is 0 Å². The van der Waals surface area contributed by atoms with Crippen molar-refractivity contribution in [3.05, 3.63) is 103 Å². The number of para-hydroxylation sites is 2. The Morgan fingerprint density at radius 1 is 0.765 bits per heavy atom. The molecule has 0 bridgehead atoms. The van der Waals surface area contributed by atoms with E-state index in [0.717, 1.165) is 0 Å². The summed E-state index contributed by atoms with van der Waals surface area (Å²) in [6.45, 7) is 0. The van der Waals surface area contributed by atoms with E-state index < -0.39 is 18.0 Å². The molecule has 0 aliphatic carbocycles. The molecule has 0 aliphatic heterocycles. The smallest absolute Gasteiger partial charge is 0.430 e. The van der Waals surface area contributed by atoms with Crippen LogP contribution >= 0.6 is 0 Å². The normalized spacial score (nSPS) is 10.3. The fourth-order valence-corrected chi connectivity index (χ4v) is 3.09. The third-order valence-electron chi connectivity index (χ3n) is 4.67. The molecule has 3 aromatic carbocycles. The number of nitrogens with zero attached hydrogens (tertiary/aromatic N) is 2. The van der Waals surface area contributed by atoms with Gasteiger partial charge in [0.2, 0.25) is 5.88 Å². The van der Waals surface area contributed by atoms with E-state index in [1.54, 1.807) is 78.9 Å². The Morgan fingerprint density at radius 3 is 1.82 bits per heavy atom. The van der Waals surface area contributed by atoms with Crippen molar-refractivity contribution in [2.75, 3.05) is 12.0 Å². The van der Waals surface area contributed by atoms with E-state index in [0.29, 0.717) is 10.5 Å². The van der Waals surface area contributed by atoms with Crippen molar-refractivity contribution in [2.24, 2.45) is 0 Å². The summed E-state index contributed by atoms with van der Waals surface area (Å²) in [6, 6.07) is 25.4. The van der Waals surface area contributed by atoms with Gasteiger partial charge in [-0.05, 0) is 42.0 Å². The summed E-state index contributed by atoms with van der Waals surface area (Å²) in [7, 11) is 1.37. The van der Waals surface area contributed by atoms with Gasteiger partial charge in [0.1, 0.15) is 17.3 Å². The van der Waals surface area contributed by atoms with Crippen molar-refractivity contribution < 1.29 is 28.2 Å². The van der Waals surface area contributed by atoms with Crippen LogP contribution in [-0.2, 0) is 0 Å². The van der Waals surface area contributed by atoms with Crippen LogP contribution in [0.4, 0.5) is 19.8 Å². The Kier molecular flexibility index (Phi) is 6.78. The summed E-state index contributed by atoms with van der Waals surface area (Å²) in [5, 5.41) is 0. The number of hydrogen-bond acceptors (Lipinski definition) is 6. The molecular formula is C26H19FN2O5. The van der Waals surface area contributed by atoms with Gasteiger partial charge < -0.3 is 14.2 Å². The molecule has 0 radical (unpaired) electrons. The Labute approximate surface area is 195 Å². The molecule has 0 N–H and O–H groups in total. The Hall–Kier alpha value is -4.72. The first-order valence-corrected chi connectivity index (χ1v) is 10.2. The van der Waals surface area contributed by atoms with Gasteiger partial charge in [-0.1, -0.05) is 54.6 Å². The van der Waals surface area contributed by atoms with E-state index in [1.165, 1.54) is 25.3 Å². The highest BCUT2D eigenvalue weighted by Gasteiger charge is 2.30. The van der Waals surface area contributed by atoms with E-state index in [-0.39, 0.29) is 28.8 Å². The number of carbonyl (C=O) groups is 2. The first-order chi connectivity index (χ1) is 16.5. The zero-order chi connectivity index (χ0) is 23.9. The summed E-state index contributed by atoms with van der Waals surface area (Å²) in [6.07, 6.45) is -2.13. The number of imide groups is 1. The van der Waals surface area contributed by atoms with Gasteiger partial charge in [-0.2, -0.15) is 9.88 Å². The van der Waals surface area contributed by atoms with Gasteiger partial charge in [-0.3, -0.25) is 0 Å². The monoisotopic (exact) mass is 458 g/mol.